The first-order chi connectivity index (χ1) is 12.1. The zero-order valence-electron chi connectivity index (χ0n) is 16.2. The zero-order chi connectivity index (χ0) is 19.4. The minimum absolute atomic E-state index is 0.0703. The number of fused-ring (bicyclic) bond motifs is 2. The number of carboxylic acids is 1. The van der Waals surface area contributed by atoms with E-state index in [-0.39, 0.29) is 36.9 Å². The van der Waals surface area contributed by atoms with Crippen molar-refractivity contribution in [2.75, 3.05) is 13.2 Å². The van der Waals surface area contributed by atoms with Gasteiger partial charge in [-0.3, -0.25) is 4.79 Å². The van der Waals surface area contributed by atoms with Crippen molar-refractivity contribution in [2.24, 2.45) is 22.7 Å². The Balaban J connectivity index is 2.02. The number of aliphatic hydroxyl groups is 3. The monoisotopic (exact) mass is 370 g/mol. The van der Waals surface area contributed by atoms with E-state index in [2.05, 4.69) is 13.8 Å². The highest BCUT2D eigenvalue weighted by molar-refractivity contribution is 5.68. The first-order valence-electron chi connectivity index (χ1n) is 9.91. The van der Waals surface area contributed by atoms with E-state index in [1.807, 2.05) is 6.92 Å². The summed E-state index contributed by atoms with van der Waals surface area (Å²) in [5.74, 6) is -0.621. The predicted molar refractivity (Wildman–Crippen MR) is 95.5 cm³/mol. The van der Waals surface area contributed by atoms with Gasteiger partial charge in [-0.05, 0) is 50.4 Å². The van der Waals surface area contributed by atoms with E-state index in [1.165, 1.54) is 0 Å². The van der Waals surface area contributed by atoms with Crippen molar-refractivity contribution in [3.05, 3.63) is 0 Å². The smallest absolute Gasteiger partial charge is 0.306 e. The summed E-state index contributed by atoms with van der Waals surface area (Å²) in [5.41, 5.74) is -2.40. The second-order valence-electron chi connectivity index (χ2n) is 9.57. The number of ether oxygens (including phenoxy) is 1. The van der Waals surface area contributed by atoms with Gasteiger partial charge in [0.1, 0.15) is 5.60 Å². The molecule has 0 aromatic carbocycles. The Hall–Kier alpha value is -0.690. The highest BCUT2D eigenvalue weighted by Crippen LogP contribution is 2.67. The molecule has 6 nitrogen and oxygen atoms in total. The molecule has 4 N–H and O–H groups in total. The van der Waals surface area contributed by atoms with Crippen molar-refractivity contribution in [3.63, 3.8) is 0 Å². The highest BCUT2D eigenvalue weighted by atomic mass is 16.5. The maximum atomic E-state index is 11.4. The molecular formula is C20H34O6. The lowest BCUT2D eigenvalue weighted by atomic mass is 9.43. The molecular weight excluding hydrogens is 336 g/mol. The van der Waals surface area contributed by atoms with Gasteiger partial charge in [-0.15, -0.1) is 0 Å². The summed E-state index contributed by atoms with van der Waals surface area (Å²) in [6.45, 7) is 5.96. The molecule has 0 aromatic rings. The molecule has 3 fully saturated rings. The van der Waals surface area contributed by atoms with Crippen LogP contribution in [0.15, 0.2) is 0 Å². The normalized spacial score (nSPS) is 51.4. The van der Waals surface area contributed by atoms with Gasteiger partial charge < -0.3 is 25.2 Å². The lowest BCUT2D eigenvalue weighted by Gasteiger charge is -2.65. The molecule has 0 bridgehead atoms. The molecule has 6 heteroatoms. The van der Waals surface area contributed by atoms with Crippen molar-refractivity contribution in [3.8, 4) is 0 Å². The number of hydrogen-bond acceptors (Lipinski definition) is 5. The Bertz CT molecular complexity index is 567. The standard InChI is InChI=1S/C20H34O6/c1-13-4-5-14-17(2,11-21)15(23)6-7-18(14,3)20(13)9-8-19(12-22,26-20)10-16(24)25/h13-15,21-23H,4-12H2,1-3H3,(H,24,25)/t13-,14-,15+,17-,18-,19+,20-/m1/s1. The first kappa shape index (κ1) is 20.1. The van der Waals surface area contributed by atoms with Crippen LogP contribution in [0, 0.1) is 22.7 Å². The quantitative estimate of drug-likeness (QED) is 0.602. The highest BCUT2D eigenvalue weighted by Gasteiger charge is 2.68. The van der Waals surface area contributed by atoms with Crippen molar-refractivity contribution in [2.45, 2.75) is 83.0 Å². The average molecular weight is 370 g/mol. The van der Waals surface area contributed by atoms with Crippen molar-refractivity contribution >= 4 is 5.97 Å². The maximum Gasteiger partial charge on any atom is 0.306 e. The van der Waals surface area contributed by atoms with Gasteiger partial charge in [0.25, 0.3) is 0 Å². The number of carbonyl (C=O) groups is 1. The van der Waals surface area contributed by atoms with E-state index in [0.29, 0.717) is 19.3 Å². The number of aliphatic hydroxyl groups excluding tert-OH is 3. The lowest BCUT2D eigenvalue weighted by molar-refractivity contribution is -0.271. The van der Waals surface area contributed by atoms with Crippen LogP contribution in [0.2, 0.25) is 0 Å². The number of aliphatic carboxylic acids is 1. The van der Waals surface area contributed by atoms with E-state index >= 15 is 0 Å². The summed E-state index contributed by atoms with van der Waals surface area (Å²) >= 11 is 0. The van der Waals surface area contributed by atoms with Crippen LogP contribution in [0.4, 0.5) is 0 Å². The predicted octanol–water partition coefficient (Wildman–Crippen LogP) is 1.95. The summed E-state index contributed by atoms with van der Waals surface area (Å²) < 4.78 is 6.60. The molecule has 0 radical (unpaired) electrons. The minimum atomic E-state index is -1.03. The van der Waals surface area contributed by atoms with E-state index in [9.17, 15) is 25.2 Å². The minimum Gasteiger partial charge on any atom is -0.481 e. The summed E-state index contributed by atoms with van der Waals surface area (Å²) in [7, 11) is 0. The van der Waals surface area contributed by atoms with E-state index in [1.54, 1.807) is 0 Å². The molecule has 2 saturated carbocycles. The Morgan fingerprint density at radius 3 is 2.35 bits per heavy atom. The molecule has 0 unspecified atom stereocenters. The molecule has 150 valence electrons. The lowest BCUT2D eigenvalue weighted by Crippen LogP contribution is -2.66. The third-order valence-corrected chi connectivity index (χ3v) is 8.37. The molecule has 3 aliphatic rings. The maximum absolute atomic E-state index is 11.4. The second-order valence-corrected chi connectivity index (χ2v) is 9.57. The summed E-state index contributed by atoms with van der Waals surface area (Å²) in [5, 5.41) is 40.0. The molecule has 2 aliphatic carbocycles. The summed E-state index contributed by atoms with van der Waals surface area (Å²) in [4.78, 5) is 11.4. The Morgan fingerprint density at radius 1 is 1.08 bits per heavy atom. The molecule has 1 spiro atoms. The van der Waals surface area contributed by atoms with Crippen molar-refractivity contribution < 1.29 is 30.0 Å². The van der Waals surface area contributed by atoms with Crippen LogP contribution in [0.5, 0.6) is 0 Å². The fourth-order valence-corrected chi connectivity index (χ4v) is 6.70. The van der Waals surface area contributed by atoms with Crippen LogP contribution in [0.3, 0.4) is 0 Å². The molecule has 1 heterocycles. The summed E-state index contributed by atoms with van der Waals surface area (Å²) in [6.07, 6.45) is 3.73. The number of rotatable bonds is 4. The molecule has 1 saturated heterocycles. The molecule has 3 rings (SSSR count). The van der Waals surface area contributed by atoms with E-state index < -0.39 is 28.7 Å². The number of hydrogen-bond donors (Lipinski definition) is 4. The zero-order valence-corrected chi connectivity index (χ0v) is 16.2. The Labute approximate surface area is 155 Å². The van der Waals surface area contributed by atoms with Crippen molar-refractivity contribution in [1.29, 1.82) is 0 Å². The van der Waals surface area contributed by atoms with Gasteiger partial charge in [0.15, 0.2) is 0 Å². The van der Waals surface area contributed by atoms with Crippen LogP contribution < -0.4 is 0 Å². The summed E-state index contributed by atoms with van der Waals surface area (Å²) in [6, 6.07) is 0. The van der Waals surface area contributed by atoms with Crippen molar-refractivity contribution in [1.82, 2.24) is 0 Å². The van der Waals surface area contributed by atoms with Crippen LogP contribution >= 0.6 is 0 Å². The second kappa shape index (κ2) is 6.43. The van der Waals surface area contributed by atoms with Gasteiger partial charge in [0.05, 0.1) is 31.3 Å². The van der Waals surface area contributed by atoms with Gasteiger partial charge >= 0.3 is 5.97 Å². The van der Waals surface area contributed by atoms with Crippen LogP contribution in [0.1, 0.15) is 65.7 Å². The van der Waals surface area contributed by atoms with Crippen LogP contribution in [0.25, 0.3) is 0 Å². The van der Waals surface area contributed by atoms with E-state index in [4.69, 9.17) is 4.74 Å². The first-order valence-corrected chi connectivity index (χ1v) is 9.91. The van der Waals surface area contributed by atoms with Gasteiger partial charge in [-0.2, -0.15) is 0 Å². The molecule has 0 aromatic heterocycles. The van der Waals surface area contributed by atoms with Gasteiger partial charge in [0.2, 0.25) is 0 Å². The van der Waals surface area contributed by atoms with Gasteiger partial charge in [-0.25, -0.2) is 0 Å². The molecule has 1 aliphatic heterocycles. The van der Waals surface area contributed by atoms with Crippen LogP contribution in [-0.4, -0.2) is 56.9 Å². The largest absolute Gasteiger partial charge is 0.481 e. The topological polar surface area (TPSA) is 107 Å². The van der Waals surface area contributed by atoms with E-state index in [0.717, 1.165) is 19.3 Å². The molecule has 7 atom stereocenters. The van der Waals surface area contributed by atoms with Gasteiger partial charge in [-0.1, -0.05) is 20.8 Å². The SMILES string of the molecule is C[C@@H]1CC[C@@H]2[C@@](C)(CO)[C@@H](O)CC[C@@]2(C)[C@@]12CC[C@@](CO)(CC(=O)O)O2. The van der Waals surface area contributed by atoms with Crippen LogP contribution in [-0.2, 0) is 9.53 Å². The molecule has 26 heavy (non-hydrogen) atoms. The Morgan fingerprint density at radius 2 is 1.77 bits per heavy atom. The fraction of sp³-hybridized carbons (Fsp3) is 0.950. The third kappa shape index (κ3) is 2.56. The molecule has 0 amide bonds. The average Bonchev–Trinajstić information content (AvgIpc) is 2.98. The Kier molecular flexibility index (Phi) is 4.96. The fourth-order valence-electron chi connectivity index (χ4n) is 6.70. The van der Waals surface area contributed by atoms with Gasteiger partial charge in [0, 0.05) is 10.8 Å². The number of carboxylic acid groups (broad SMARTS) is 1. The third-order valence-electron chi connectivity index (χ3n) is 8.37.